The third-order valence-corrected chi connectivity index (χ3v) is 8.33. The van der Waals surface area contributed by atoms with Crippen molar-refractivity contribution in [3.05, 3.63) is 89.3 Å². The van der Waals surface area contributed by atoms with Crippen molar-refractivity contribution in [1.29, 1.82) is 0 Å². The van der Waals surface area contributed by atoms with Gasteiger partial charge in [-0.05, 0) is 42.8 Å². The van der Waals surface area contributed by atoms with E-state index in [2.05, 4.69) is 15.6 Å². The van der Waals surface area contributed by atoms with E-state index < -0.39 is 15.9 Å². The normalized spacial score (nSPS) is 11.4. The van der Waals surface area contributed by atoms with E-state index in [9.17, 15) is 13.2 Å². The quantitative estimate of drug-likeness (QED) is 0.296. The third kappa shape index (κ3) is 6.34. The number of rotatable bonds is 10. The molecule has 0 saturated carbocycles. The van der Waals surface area contributed by atoms with Crippen LogP contribution in [-0.2, 0) is 21.4 Å². The van der Waals surface area contributed by atoms with Gasteiger partial charge in [0.25, 0.3) is 0 Å². The van der Waals surface area contributed by atoms with Crippen LogP contribution in [0.5, 0.6) is 5.75 Å². The molecular formula is C27H28N4O4S2. The predicted molar refractivity (Wildman–Crippen MR) is 147 cm³/mol. The Morgan fingerprint density at radius 2 is 1.78 bits per heavy atom. The monoisotopic (exact) mass is 536 g/mol. The maximum atomic E-state index is 13.5. The van der Waals surface area contributed by atoms with Gasteiger partial charge in [-0.2, -0.15) is 4.31 Å². The maximum Gasteiger partial charge on any atom is 0.243 e. The molecule has 10 heteroatoms. The van der Waals surface area contributed by atoms with Crippen molar-refractivity contribution in [2.24, 2.45) is 0 Å². The lowest BCUT2D eigenvalue weighted by Gasteiger charge is -2.22. The lowest BCUT2D eigenvalue weighted by molar-refractivity contribution is -0.116. The summed E-state index contributed by atoms with van der Waals surface area (Å²) >= 11 is 1.47. The number of anilines is 2. The average molecular weight is 537 g/mol. The van der Waals surface area contributed by atoms with E-state index in [1.807, 2.05) is 48.7 Å². The largest absolute Gasteiger partial charge is 0.495 e. The summed E-state index contributed by atoms with van der Waals surface area (Å²) in [5, 5.41) is 8.52. The topological polar surface area (TPSA) is 101 Å². The highest BCUT2D eigenvalue weighted by atomic mass is 32.2. The number of nitrogens with one attached hydrogen (secondary N) is 2. The number of thiazole rings is 1. The smallest absolute Gasteiger partial charge is 0.243 e. The number of carbonyl (C=O) groups is 1. The number of amides is 1. The number of nitrogens with zero attached hydrogens (tertiary/aromatic N) is 2. The Hall–Kier alpha value is -3.73. The molecule has 0 radical (unpaired) electrons. The van der Waals surface area contributed by atoms with Gasteiger partial charge in [-0.25, -0.2) is 13.4 Å². The van der Waals surface area contributed by atoms with Gasteiger partial charge in [0.1, 0.15) is 5.75 Å². The van der Waals surface area contributed by atoms with Crippen molar-refractivity contribution in [1.82, 2.24) is 9.29 Å². The minimum Gasteiger partial charge on any atom is -0.495 e. The third-order valence-electron chi connectivity index (χ3n) is 5.67. The van der Waals surface area contributed by atoms with Crippen LogP contribution in [0, 0.1) is 6.92 Å². The van der Waals surface area contributed by atoms with Crippen LogP contribution >= 0.6 is 11.3 Å². The Bertz CT molecular complexity index is 1470. The number of ether oxygens (including phenoxy) is 1. The number of benzene rings is 3. The SMILES string of the molecule is CNc1nc(-c2ccc(OC)c(NC(=O)CN(Cc3ccccc3)S(=O)(=O)c3ccc(C)cc3)c2)cs1. The molecule has 8 nitrogen and oxygen atoms in total. The van der Waals surface area contributed by atoms with E-state index in [1.54, 1.807) is 43.4 Å². The molecule has 1 heterocycles. The molecule has 1 aromatic heterocycles. The molecule has 0 aliphatic heterocycles. The summed E-state index contributed by atoms with van der Waals surface area (Å²) in [5.41, 5.74) is 3.69. The van der Waals surface area contributed by atoms with Gasteiger partial charge >= 0.3 is 0 Å². The molecule has 0 fully saturated rings. The fraction of sp³-hybridized carbons (Fsp3) is 0.185. The Morgan fingerprint density at radius 1 is 1.05 bits per heavy atom. The van der Waals surface area contributed by atoms with Crippen molar-refractivity contribution in [3.8, 4) is 17.0 Å². The lowest BCUT2D eigenvalue weighted by atomic mass is 10.1. The Labute approximate surface area is 221 Å². The van der Waals surface area contributed by atoms with E-state index >= 15 is 0 Å². The summed E-state index contributed by atoms with van der Waals surface area (Å²) < 4.78 is 33.7. The highest BCUT2D eigenvalue weighted by Gasteiger charge is 2.27. The van der Waals surface area contributed by atoms with Crippen LogP contribution in [0.15, 0.2) is 83.1 Å². The summed E-state index contributed by atoms with van der Waals surface area (Å²) in [4.78, 5) is 17.9. The van der Waals surface area contributed by atoms with Crippen LogP contribution in [0.3, 0.4) is 0 Å². The van der Waals surface area contributed by atoms with Gasteiger partial charge in [-0.1, -0.05) is 48.0 Å². The molecule has 0 spiro atoms. The summed E-state index contributed by atoms with van der Waals surface area (Å²) in [5.74, 6) is -0.0339. The van der Waals surface area contributed by atoms with Crippen LogP contribution in [0.4, 0.5) is 10.8 Å². The molecule has 0 bridgehead atoms. The number of methoxy groups -OCH3 is 1. The van der Waals surface area contributed by atoms with E-state index in [1.165, 1.54) is 22.8 Å². The molecule has 2 N–H and O–H groups in total. The van der Waals surface area contributed by atoms with E-state index in [0.717, 1.165) is 27.5 Å². The Kier molecular flexibility index (Phi) is 8.22. The zero-order valence-electron chi connectivity index (χ0n) is 20.8. The summed E-state index contributed by atoms with van der Waals surface area (Å²) in [6.45, 7) is 1.56. The molecule has 0 unspecified atom stereocenters. The second-order valence-electron chi connectivity index (χ2n) is 8.32. The predicted octanol–water partition coefficient (Wildman–Crippen LogP) is 5.00. The van der Waals surface area contributed by atoms with Crippen molar-refractivity contribution < 1.29 is 17.9 Å². The second kappa shape index (κ2) is 11.5. The van der Waals surface area contributed by atoms with Crippen molar-refractivity contribution >= 4 is 38.1 Å². The first-order valence-corrected chi connectivity index (χ1v) is 13.8. The molecule has 192 valence electrons. The molecule has 0 atom stereocenters. The van der Waals surface area contributed by atoms with Crippen LogP contribution in [0.1, 0.15) is 11.1 Å². The van der Waals surface area contributed by atoms with E-state index in [4.69, 9.17) is 4.74 Å². The van der Waals surface area contributed by atoms with Crippen LogP contribution in [0.2, 0.25) is 0 Å². The van der Waals surface area contributed by atoms with Gasteiger partial charge in [-0.3, -0.25) is 4.79 Å². The number of aryl methyl sites for hydroxylation is 1. The van der Waals surface area contributed by atoms with Crippen molar-refractivity contribution in [2.75, 3.05) is 31.3 Å². The summed E-state index contributed by atoms with van der Waals surface area (Å²) in [6, 6.07) is 21.1. The van der Waals surface area contributed by atoms with E-state index in [0.29, 0.717) is 11.4 Å². The lowest BCUT2D eigenvalue weighted by Crippen LogP contribution is -2.37. The molecule has 1 amide bonds. The van der Waals surface area contributed by atoms with Crippen molar-refractivity contribution in [3.63, 3.8) is 0 Å². The summed E-state index contributed by atoms with van der Waals surface area (Å²) in [6.07, 6.45) is 0. The molecular weight excluding hydrogens is 508 g/mol. The van der Waals surface area contributed by atoms with Crippen LogP contribution in [-0.4, -0.2) is 44.3 Å². The van der Waals surface area contributed by atoms with Gasteiger partial charge in [0.15, 0.2) is 5.13 Å². The summed E-state index contributed by atoms with van der Waals surface area (Å²) in [7, 11) is -0.635. The molecule has 3 aromatic carbocycles. The van der Waals surface area contributed by atoms with Gasteiger partial charge in [0.05, 0.1) is 29.9 Å². The van der Waals surface area contributed by atoms with Crippen LogP contribution < -0.4 is 15.4 Å². The Balaban J connectivity index is 1.61. The molecule has 4 aromatic rings. The fourth-order valence-electron chi connectivity index (χ4n) is 3.71. The minimum atomic E-state index is -3.94. The maximum absolute atomic E-state index is 13.5. The van der Waals surface area contributed by atoms with Gasteiger partial charge in [-0.15, -0.1) is 11.3 Å². The van der Waals surface area contributed by atoms with Crippen LogP contribution in [0.25, 0.3) is 11.3 Å². The highest BCUT2D eigenvalue weighted by Crippen LogP contribution is 2.32. The van der Waals surface area contributed by atoms with Gasteiger partial charge < -0.3 is 15.4 Å². The number of carbonyl (C=O) groups excluding carboxylic acids is 1. The first kappa shape index (κ1) is 26.3. The second-order valence-corrected chi connectivity index (χ2v) is 11.1. The zero-order valence-corrected chi connectivity index (χ0v) is 22.4. The first-order valence-electron chi connectivity index (χ1n) is 11.5. The minimum absolute atomic E-state index is 0.0489. The first-order chi connectivity index (χ1) is 17.8. The number of sulfonamides is 1. The highest BCUT2D eigenvalue weighted by molar-refractivity contribution is 7.89. The molecule has 37 heavy (non-hydrogen) atoms. The standard InChI is InChI=1S/C27H28N4O4S2/c1-19-9-12-22(13-10-19)37(33,34)31(16-20-7-5-4-6-8-20)17-26(32)29-23-15-21(11-14-25(23)35-3)24-18-36-27(28-2)30-24/h4-15,18H,16-17H2,1-3H3,(H,28,30)(H,29,32). The van der Waals surface area contributed by atoms with Crippen molar-refractivity contribution in [2.45, 2.75) is 18.4 Å². The number of hydrogen-bond donors (Lipinski definition) is 2. The molecule has 4 rings (SSSR count). The molecule has 0 aliphatic carbocycles. The number of hydrogen-bond acceptors (Lipinski definition) is 7. The fourth-order valence-corrected chi connectivity index (χ4v) is 5.77. The number of aromatic nitrogens is 1. The zero-order chi connectivity index (χ0) is 26.4. The van der Waals surface area contributed by atoms with Gasteiger partial charge in [0.2, 0.25) is 15.9 Å². The molecule has 0 saturated heterocycles. The molecule has 0 aliphatic rings. The van der Waals surface area contributed by atoms with Gasteiger partial charge in [0, 0.05) is 24.5 Å². The van der Waals surface area contributed by atoms with E-state index in [-0.39, 0.29) is 18.0 Å². The average Bonchev–Trinajstić information content (AvgIpc) is 3.39. The Morgan fingerprint density at radius 3 is 2.43 bits per heavy atom.